The Morgan fingerprint density at radius 3 is 2.78 bits per heavy atom. The Morgan fingerprint density at radius 1 is 1.39 bits per heavy atom. The van der Waals surface area contributed by atoms with E-state index in [2.05, 4.69) is 15.2 Å². The normalized spacial score (nSPS) is 10.2. The zero-order valence-electron chi connectivity index (χ0n) is 9.04. The molecule has 1 aromatic heterocycles. The van der Waals surface area contributed by atoms with E-state index in [1.807, 2.05) is 0 Å². The number of nitrogens with one attached hydrogen (secondary N) is 2. The van der Waals surface area contributed by atoms with Gasteiger partial charge in [-0.15, -0.1) is 0 Å². The summed E-state index contributed by atoms with van der Waals surface area (Å²) in [6.07, 6.45) is 0.0681. The largest absolute Gasteiger partial charge is 0.296 e. The van der Waals surface area contributed by atoms with Gasteiger partial charge in [-0.25, -0.2) is 0 Å². The highest BCUT2D eigenvalue weighted by Crippen LogP contribution is 2.19. The summed E-state index contributed by atoms with van der Waals surface area (Å²) in [6, 6.07) is 6.20. The van der Waals surface area contributed by atoms with E-state index in [4.69, 9.17) is 12.2 Å². The summed E-state index contributed by atoms with van der Waals surface area (Å²) >= 11 is 4.71. The van der Waals surface area contributed by atoms with Crippen molar-refractivity contribution >= 4 is 17.9 Å². The summed E-state index contributed by atoms with van der Waals surface area (Å²) in [4.78, 5) is 24.3. The van der Waals surface area contributed by atoms with E-state index in [1.165, 1.54) is 6.07 Å². The Kier molecular flexibility index (Phi) is 3.28. The van der Waals surface area contributed by atoms with Crippen LogP contribution >= 0.6 is 12.2 Å². The average Bonchev–Trinajstić information content (AvgIpc) is 2.33. The van der Waals surface area contributed by atoms with E-state index in [9.17, 15) is 14.9 Å². The predicted octanol–water partition coefficient (Wildman–Crippen LogP) is 1.33. The van der Waals surface area contributed by atoms with Gasteiger partial charge in [-0.05, 0) is 12.2 Å². The first-order valence-corrected chi connectivity index (χ1v) is 5.39. The zero-order valence-corrected chi connectivity index (χ0v) is 9.86. The number of nitro groups is 1. The number of hydrogen-bond acceptors (Lipinski definition) is 5. The summed E-state index contributed by atoms with van der Waals surface area (Å²) in [5.74, 6) is 0. The predicted molar refractivity (Wildman–Crippen MR) is 65.9 cm³/mol. The third-order valence-corrected chi connectivity index (χ3v) is 2.52. The molecule has 2 rings (SSSR count). The third-order valence-electron chi connectivity index (χ3n) is 2.33. The van der Waals surface area contributed by atoms with E-state index in [1.54, 1.807) is 18.2 Å². The van der Waals surface area contributed by atoms with Crippen LogP contribution in [0.1, 0.15) is 11.3 Å². The maximum Gasteiger partial charge on any atom is 0.274 e. The maximum atomic E-state index is 11.6. The second-order valence-corrected chi connectivity index (χ2v) is 3.92. The number of nitro benzene ring substituents is 1. The minimum absolute atomic E-state index is 0.0406. The highest BCUT2D eigenvalue weighted by Gasteiger charge is 2.14. The fourth-order valence-electron chi connectivity index (χ4n) is 1.51. The molecule has 7 nitrogen and oxygen atoms in total. The number of H-pyrrole nitrogens is 2. The van der Waals surface area contributed by atoms with Crippen LogP contribution in [0.15, 0.2) is 29.1 Å². The van der Waals surface area contributed by atoms with E-state index in [0.717, 1.165) is 0 Å². The van der Waals surface area contributed by atoms with Gasteiger partial charge in [0, 0.05) is 18.1 Å². The van der Waals surface area contributed by atoms with Crippen molar-refractivity contribution in [3.63, 3.8) is 0 Å². The second-order valence-electron chi connectivity index (χ2n) is 3.52. The van der Waals surface area contributed by atoms with Gasteiger partial charge in [0.2, 0.25) is 0 Å². The summed E-state index contributed by atoms with van der Waals surface area (Å²) in [5.41, 5.74) is 0.0852. The Morgan fingerprint density at radius 2 is 2.11 bits per heavy atom. The Bertz CT molecular complexity index is 707. The molecular formula is C10H8N4O3S. The van der Waals surface area contributed by atoms with Crippen LogP contribution in [0.3, 0.4) is 0 Å². The lowest BCUT2D eigenvalue weighted by Gasteiger charge is -2.01. The summed E-state index contributed by atoms with van der Waals surface area (Å²) in [7, 11) is 0. The van der Waals surface area contributed by atoms with Crippen LogP contribution in [0.2, 0.25) is 0 Å². The third kappa shape index (κ3) is 2.48. The first kappa shape index (κ1) is 12.1. The minimum Gasteiger partial charge on any atom is -0.296 e. The number of aromatic nitrogens is 3. The van der Waals surface area contributed by atoms with Crippen LogP contribution in [0, 0.1) is 14.9 Å². The molecule has 0 unspecified atom stereocenters. The highest BCUT2D eigenvalue weighted by molar-refractivity contribution is 7.71. The van der Waals surface area contributed by atoms with Crippen molar-refractivity contribution in [2.24, 2.45) is 0 Å². The van der Waals surface area contributed by atoms with Crippen LogP contribution in [0.5, 0.6) is 0 Å². The molecule has 2 N–H and O–H groups in total. The molecule has 0 aliphatic carbocycles. The molecule has 0 saturated carbocycles. The molecule has 1 aromatic carbocycles. The monoisotopic (exact) mass is 264 g/mol. The number of rotatable bonds is 3. The Labute approximate surface area is 106 Å². The molecule has 2 aromatic rings. The first-order valence-electron chi connectivity index (χ1n) is 4.98. The van der Waals surface area contributed by atoms with Crippen LogP contribution in [-0.4, -0.2) is 20.1 Å². The lowest BCUT2D eigenvalue weighted by Crippen LogP contribution is -2.17. The smallest absolute Gasteiger partial charge is 0.274 e. The fourth-order valence-corrected chi connectivity index (χ4v) is 1.65. The van der Waals surface area contributed by atoms with Gasteiger partial charge in [0.25, 0.3) is 11.2 Å². The zero-order chi connectivity index (χ0) is 13.1. The number of nitrogens with zero attached hydrogens (tertiary/aromatic N) is 2. The Balaban J connectivity index is 2.43. The summed E-state index contributed by atoms with van der Waals surface area (Å²) in [5, 5.41) is 17.1. The van der Waals surface area contributed by atoms with E-state index in [0.29, 0.717) is 5.56 Å². The quantitative estimate of drug-likeness (QED) is 0.494. The van der Waals surface area contributed by atoms with Gasteiger partial charge in [0.15, 0.2) is 4.77 Å². The molecule has 0 bridgehead atoms. The van der Waals surface area contributed by atoms with Crippen molar-refractivity contribution in [2.45, 2.75) is 6.42 Å². The average molecular weight is 264 g/mol. The summed E-state index contributed by atoms with van der Waals surface area (Å²) < 4.78 is 0.117. The van der Waals surface area contributed by atoms with Gasteiger partial charge >= 0.3 is 0 Å². The summed E-state index contributed by atoms with van der Waals surface area (Å²) in [6.45, 7) is 0. The number of para-hydroxylation sites is 1. The van der Waals surface area contributed by atoms with Gasteiger partial charge < -0.3 is 0 Å². The van der Waals surface area contributed by atoms with Crippen molar-refractivity contribution in [1.82, 2.24) is 15.2 Å². The van der Waals surface area contributed by atoms with Gasteiger partial charge in [-0.1, -0.05) is 18.2 Å². The highest BCUT2D eigenvalue weighted by atomic mass is 32.1. The van der Waals surface area contributed by atoms with Crippen LogP contribution in [0.25, 0.3) is 0 Å². The van der Waals surface area contributed by atoms with Crippen LogP contribution in [0.4, 0.5) is 5.69 Å². The molecule has 0 fully saturated rings. The van der Waals surface area contributed by atoms with Gasteiger partial charge in [0.05, 0.1) is 4.92 Å². The van der Waals surface area contributed by atoms with Gasteiger partial charge in [-0.2, -0.15) is 5.10 Å². The molecule has 92 valence electrons. The number of hydrogen-bond donors (Lipinski definition) is 2. The van der Waals surface area contributed by atoms with Gasteiger partial charge in [-0.3, -0.25) is 25.0 Å². The number of benzene rings is 1. The first-order chi connectivity index (χ1) is 8.58. The van der Waals surface area contributed by atoms with Crippen molar-refractivity contribution in [3.8, 4) is 0 Å². The van der Waals surface area contributed by atoms with Gasteiger partial charge in [0.1, 0.15) is 5.69 Å². The lowest BCUT2D eigenvalue weighted by atomic mass is 10.1. The minimum atomic E-state index is -0.491. The van der Waals surface area contributed by atoms with Crippen molar-refractivity contribution in [3.05, 3.63) is 60.8 Å². The number of aromatic amines is 2. The molecule has 0 radical (unpaired) electrons. The van der Waals surface area contributed by atoms with Crippen LogP contribution < -0.4 is 5.56 Å². The lowest BCUT2D eigenvalue weighted by molar-refractivity contribution is -0.385. The molecule has 0 spiro atoms. The standard InChI is InChI=1S/C10H8N4O3S/c15-9-7(12-13-10(18)11-9)5-6-3-1-2-4-8(6)14(16)17/h1-4H,5H2,(H2,11,13,15,18). The Hall–Kier alpha value is -2.35. The molecular weight excluding hydrogens is 256 g/mol. The molecule has 0 saturated heterocycles. The topological polar surface area (TPSA) is 105 Å². The molecule has 8 heteroatoms. The molecule has 0 amide bonds. The molecule has 0 aliphatic rings. The van der Waals surface area contributed by atoms with E-state index in [-0.39, 0.29) is 22.6 Å². The molecule has 18 heavy (non-hydrogen) atoms. The SMILES string of the molecule is O=c1[nH]c(=S)[nH]nc1Cc1ccccc1[N+](=O)[O-]. The van der Waals surface area contributed by atoms with E-state index < -0.39 is 10.5 Å². The van der Waals surface area contributed by atoms with Crippen molar-refractivity contribution in [1.29, 1.82) is 0 Å². The second kappa shape index (κ2) is 4.88. The molecule has 0 aliphatic heterocycles. The molecule has 0 atom stereocenters. The fraction of sp³-hybridized carbons (Fsp3) is 0.100. The van der Waals surface area contributed by atoms with Crippen molar-refractivity contribution < 1.29 is 4.92 Å². The molecule has 1 heterocycles. The van der Waals surface area contributed by atoms with E-state index >= 15 is 0 Å². The maximum absolute atomic E-state index is 11.6. The van der Waals surface area contributed by atoms with Crippen LogP contribution in [-0.2, 0) is 6.42 Å². The van der Waals surface area contributed by atoms with Crippen molar-refractivity contribution in [2.75, 3.05) is 0 Å².